The second-order valence-electron chi connectivity index (χ2n) is 6.29. The van der Waals surface area contributed by atoms with E-state index in [9.17, 15) is 0 Å². The summed E-state index contributed by atoms with van der Waals surface area (Å²) in [4.78, 5) is 0. The highest BCUT2D eigenvalue weighted by atomic mass is 127. The molecule has 6 heteroatoms. The summed E-state index contributed by atoms with van der Waals surface area (Å²) in [5.41, 5.74) is 2.61. The highest BCUT2D eigenvalue weighted by Gasteiger charge is 2.02. The summed E-state index contributed by atoms with van der Waals surface area (Å²) in [5, 5.41) is 0. The molecule has 0 saturated carbocycles. The first-order valence-electron chi connectivity index (χ1n) is 9.45. The van der Waals surface area contributed by atoms with E-state index in [2.05, 4.69) is 83.3 Å². The van der Waals surface area contributed by atoms with Gasteiger partial charge in [-0.15, -0.1) is 0 Å². The zero-order valence-electron chi connectivity index (χ0n) is 16.4. The van der Waals surface area contributed by atoms with Gasteiger partial charge in [-0.05, 0) is 49.2 Å². The molecule has 2 aromatic rings. The minimum Gasteiger partial charge on any atom is -0.491 e. The number of benzene rings is 2. The van der Waals surface area contributed by atoms with Gasteiger partial charge >= 0.3 is 0 Å². The van der Waals surface area contributed by atoms with Gasteiger partial charge in [0.15, 0.2) is 0 Å². The number of rotatable bonds is 13. The molecule has 2 rings (SSSR count). The summed E-state index contributed by atoms with van der Waals surface area (Å²) in [6.07, 6.45) is 0. The number of hydrogen-bond acceptors (Lipinski definition) is 4. The van der Waals surface area contributed by atoms with E-state index in [0.717, 1.165) is 11.5 Å². The van der Waals surface area contributed by atoms with Crippen LogP contribution >= 0.6 is 45.2 Å². The number of alkyl halides is 2. The minimum atomic E-state index is 0.505. The van der Waals surface area contributed by atoms with Crippen molar-refractivity contribution in [1.29, 1.82) is 0 Å². The molecular weight excluding hydrogens is 582 g/mol. The highest BCUT2D eigenvalue weighted by Crippen LogP contribution is 2.25. The van der Waals surface area contributed by atoms with Crippen molar-refractivity contribution in [2.75, 3.05) is 39.6 Å². The Hall–Kier alpha value is -0.580. The van der Waals surface area contributed by atoms with E-state index in [4.69, 9.17) is 18.9 Å². The summed E-state index contributed by atoms with van der Waals surface area (Å²) in [5.74, 6) is 1.75. The van der Waals surface area contributed by atoms with Crippen LogP contribution in [-0.2, 0) is 9.47 Å². The van der Waals surface area contributed by atoms with Gasteiger partial charge in [-0.25, -0.2) is 0 Å². The van der Waals surface area contributed by atoms with E-state index in [1.54, 1.807) is 0 Å². The Bertz CT molecular complexity index is 598. The Morgan fingerprint density at radius 3 is 1.21 bits per heavy atom. The van der Waals surface area contributed by atoms with Crippen LogP contribution < -0.4 is 9.47 Å². The zero-order chi connectivity index (χ0) is 20.2. The van der Waals surface area contributed by atoms with Gasteiger partial charge in [0.1, 0.15) is 24.7 Å². The molecule has 2 aromatic carbocycles. The molecule has 0 saturated heterocycles. The molecule has 0 aliphatic carbocycles. The largest absolute Gasteiger partial charge is 0.491 e. The minimum absolute atomic E-state index is 0.505. The molecule has 154 valence electrons. The lowest BCUT2D eigenvalue weighted by Gasteiger charge is -2.10. The molecule has 0 aliphatic rings. The van der Waals surface area contributed by atoms with Crippen molar-refractivity contribution < 1.29 is 18.9 Å². The maximum atomic E-state index is 5.67. The van der Waals surface area contributed by atoms with Gasteiger partial charge < -0.3 is 18.9 Å². The summed E-state index contributed by atoms with van der Waals surface area (Å²) in [6.45, 7) is 7.61. The number of ether oxygens (including phenoxy) is 4. The normalized spacial score (nSPS) is 13.1. The molecule has 28 heavy (non-hydrogen) atoms. The predicted molar refractivity (Wildman–Crippen MR) is 130 cm³/mol. The maximum absolute atomic E-state index is 5.67. The average molecular weight is 610 g/mol. The zero-order valence-corrected chi connectivity index (χ0v) is 20.7. The van der Waals surface area contributed by atoms with E-state index in [0.29, 0.717) is 47.5 Å². The topological polar surface area (TPSA) is 36.9 Å². The second-order valence-corrected chi connectivity index (χ2v) is 10.0. The lowest BCUT2D eigenvalue weighted by atomic mass is 10.2. The molecule has 0 radical (unpaired) electrons. The third-order valence-corrected chi connectivity index (χ3v) is 5.48. The first kappa shape index (κ1) is 23.7. The Balaban J connectivity index is 1.44. The fraction of sp³-hybridized carbons (Fsp3) is 0.455. The van der Waals surface area contributed by atoms with E-state index in [1.807, 2.05) is 24.3 Å². The molecular formula is C22H28I2O4. The molecule has 0 aliphatic heterocycles. The molecule has 0 heterocycles. The molecule has 0 bridgehead atoms. The van der Waals surface area contributed by atoms with E-state index < -0.39 is 0 Å². The van der Waals surface area contributed by atoms with Crippen LogP contribution in [0.25, 0.3) is 0 Å². The van der Waals surface area contributed by atoms with Crippen LogP contribution in [0.1, 0.15) is 32.8 Å². The molecule has 2 unspecified atom stereocenters. The van der Waals surface area contributed by atoms with Crippen molar-refractivity contribution in [3.63, 3.8) is 0 Å². The van der Waals surface area contributed by atoms with Crippen LogP contribution in [-0.4, -0.2) is 39.6 Å². The van der Waals surface area contributed by atoms with Gasteiger partial charge in [0.05, 0.1) is 26.4 Å². The van der Waals surface area contributed by atoms with Gasteiger partial charge in [0.25, 0.3) is 0 Å². The maximum Gasteiger partial charge on any atom is 0.119 e. The lowest BCUT2D eigenvalue weighted by Crippen LogP contribution is -2.13. The van der Waals surface area contributed by atoms with Crippen LogP contribution in [0.5, 0.6) is 11.5 Å². The third-order valence-electron chi connectivity index (χ3n) is 4.04. The van der Waals surface area contributed by atoms with E-state index >= 15 is 0 Å². The highest BCUT2D eigenvalue weighted by molar-refractivity contribution is 14.1. The first-order valence-corrected chi connectivity index (χ1v) is 11.9. The van der Waals surface area contributed by atoms with Crippen molar-refractivity contribution in [2.24, 2.45) is 0 Å². The number of hydrogen-bond donors (Lipinski definition) is 0. The standard InChI is InChI=1S/C22H28I2O4/c1-17(23)19-3-7-21(8-4-19)27-15-13-25-11-12-26-14-16-28-22-9-5-20(6-10-22)18(2)24/h3-10,17-18H,11-16H2,1-2H3. The Kier molecular flexibility index (Phi) is 11.5. The summed E-state index contributed by atoms with van der Waals surface area (Å²) < 4.78 is 23.4. The SMILES string of the molecule is CC(I)c1ccc(OCCOCCOCCOc2ccc(C(C)I)cc2)cc1. The Morgan fingerprint density at radius 1 is 0.571 bits per heavy atom. The molecule has 2 atom stereocenters. The second kappa shape index (κ2) is 13.6. The van der Waals surface area contributed by atoms with Crippen LogP contribution in [0, 0.1) is 0 Å². The Morgan fingerprint density at radius 2 is 0.893 bits per heavy atom. The van der Waals surface area contributed by atoms with Gasteiger partial charge in [0.2, 0.25) is 0 Å². The first-order chi connectivity index (χ1) is 13.6. The van der Waals surface area contributed by atoms with Crippen LogP contribution in [0.2, 0.25) is 0 Å². The van der Waals surface area contributed by atoms with E-state index in [1.165, 1.54) is 11.1 Å². The summed E-state index contributed by atoms with van der Waals surface area (Å²) in [6, 6.07) is 16.4. The molecule has 0 amide bonds. The molecule has 0 spiro atoms. The number of halogens is 2. The quantitative estimate of drug-likeness (QED) is 0.155. The molecule has 0 aromatic heterocycles. The van der Waals surface area contributed by atoms with Crippen LogP contribution in [0.4, 0.5) is 0 Å². The fourth-order valence-electron chi connectivity index (χ4n) is 2.42. The molecule has 0 fully saturated rings. The van der Waals surface area contributed by atoms with Crippen LogP contribution in [0.3, 0.4) is 0 Å². The van der Waals surface area contributed by atoms with Crippen molar-refractivity contribution in [2.45, 2.75) is 21.7 Å². The molecule has 0 N–H and O–H groups in total. The van der Waals surface area contributed by atoms with Gasteiger partial charge in [-0.1, -0.05) is 69.4 Å². The van der Waals surface area contributed by atoms with E-state index in [-0.39, 0.29) is 0 Å². The van der Waals surface area contributed by atoms with Crippen LogP contribution in [0.15, 0.2) is 48.5 Å². The van der Waals surface area contributed by atoms with Crippen molar-refractivity contribution in [3.8, 4) is 11.5 Å². The molecule has 4 nitrogen and oxygen atoms in total. The predicted octanol–water partition coefficient (Wildman–Crippen LogP) is 6.17. The van der Waals surface area contributed by atoms with Crippen molar-refractivity contribution in [1.82, 2.24) is 0 Å². The Labute approximate surface area is 195 Å². The van der Waals surface area contributed by atoms with Gasteiger partial charge in [0, 0.05) is 7.85 Å². The smallest absolute Gasteiger partial charge is 0.119 e. The third kappa shape index (κ3) is 9.28. The summed E-state index contributed by atoms with van der Waals surface area (Å²) >= 11 is 4.80. The monoisotopic (exact) mass is 610 g/mol. The van der Waals surface area contributed by atoms with Gasteiger partial charge in [-0.3, -0.25) is 0 Å². The van der Waals surface area contributed by atoms with Crippen molar-refractivity contribution in [3.05, 3.63) is 59.7 Å². The average Bonchev–Trinajstić information content (AvgIpc) is 2.70. The summed E-state index contributed by atoms with van der Waals surface area (Å²) in [7, 11) is 0. The fourth-order valence-corrected chi connectivity index (χ4v) is 3.25. The van der Waals surface area contributed by atoms with Gasteiger partial charge in [-0.2, -0.15) is 0 Å². The van der Waals surface area contributed by atoms with Crippen molar-refractivity contribution >= 4 is 45.2 Å². The lowest BCUT2D eigenvalue weighted by molar-refractivity contribution is 0.0273.